The zero-order valence-electron chi connectivity index (χ0n) is 7.67. The van der Waals surface area contributed by atoms with Gasteiger partial charge in [-0.25, -0.2) is 8.78 Å². The lowest BCUT2D eigenvalue weighted by Crippen LogP contribution is -2.40. The maximum absolute atomic E-state index is 13.5. The van der Waals surface area contributed by atoms with E-state index in [2.05, 4.69) is 0 Å². The van der Waals surface area contributed by atoms with Gasteiger partial charge < -0.3 is 0 Å². The van der Waals surface area contributed by atoms with Gasteiger partial charge in [0.15, 0.2) is 0 Å². The van der Waals surface area contributed by atoms with Gasteiger partial charge in [-0.3, -0.25) is 0 Å². The van der Waals surface area contributed by atoms with Crippen LogP contribution in [0, 0.1) is 10.8 Å². The van der Waals surface area contributed by atoms with E-state index in [9.17, 15) is 8.78 Å². The molecule has 1 aliphatic rings. The molecule has 0 heterocycles. The van der Waals surface area contributed by atoms with Crippen molar-refractivity contribution in [1.82, 2.24) is 0 Å². The molecule has 0 nitrogen and oxygen atoms in total. The fourth-order valence-electron chi connectivity index (χ4n) is 1.86. The summed E-state index contributed by atoms with van der Waals surface area (Å²) in [5, 5.41) is 0. The topological polar surface area (TPSA) is 0 Å². The van der Waals surface area contributed by atoms with Crippen molar-refractivity contribution in [3.05, 3.63) is 0 Å². The Balaban J connectivity index is 3.00. The first-order valence-corrected chi connectivity index (χ1v) is 4.09. The maximum Gasteiger partial charge on any atom is 0.258 e. The van der Waals surface area contributed by atoms with E-state index in [-0.39, 0.29) is 0 Å². The van der Waals surface area contributed by atoms with Gasteiger partial charge in [-0.1, -0.05) is 27.7 Å². The second-order valence-electron chi connectivity index (χ2n) is 4.84. The summed E-state index contributed by atoms with van der Waals surface area (Å²) < 4.78 is 27.0. The van der Waals surface area contributed by atoms with Gasteiger partial charge in [0.1, 0.15) is 0 Å². The minimum atomic E-state index is -2.51. The van der Waals surface area contributed by atoms with Crippen LogP contribution in [-0.4, -0.2) is 5.92 Å². The van der Waals surface area contributed by atoms with Crippen molar-refractivity contribution < 1.29 is 8.78 Å². The number of hydrogen-bond acceptors (Lipinski definition) is 0. The van der Waals surface area contributed by atoms with E-state index in [1.54, 1.807) is 27.7 Å². The van der Waals surface area contributed by atoms with Gasteiger partial charge >= 0.3 is 0 Å². The van der Waals surface area contributed by atoms with Gasteiger partial charge in [0.25, 0.3) is 5.92 Å². The smallest absolute Gasteiger partial charge is 0.206 e. The molecule has 66 valence electrons. The fraction of sp³-hybridized carbons (Fsp3) is 1.00. The third kappa shape index (κ3) is 0.986. The molecule has 0 aliphatic heterocycles. The van der Waals surface area contributed by atoms with Gasteiger partial charge in [-0.05, 0) is 12.8 Å². The molecule has 1 rings (SSSR count). The molecule has 2 heteroatoms. The zero-order valence-corrected chi connectivity index (χ0v) is 7.67. The second kappa shape index (κ2) is 1.96. The molecule has 0 atom stereocenters. The van der Waals surface area contributed by atoms with E-state index in [1.165, 1.54) is 0 Å². The van der Waals surface area contributed by atoms with Crippen LogP contribution in [-0.2, 0) is 0 Å². The predicted octanol–water partition coefficient (Wildman–Crippen LogP) is 3.47. The Labute approximate surface area is 67.0 Å². The predicted molar refractivity (Wildman–Crippen MR) is 41.7 cm³/mol. The highest BCUT2D eigenvalue weighted by Gasteiger charge is 2.61. The monoisotopic (exact) mass is 162 g/mol. The normalized spacial score (nSPS) is 32.2. The average Bonchev–Trinajstić information content (AvgIpc) is 1.93. The number of hydrogen-bond donors (Lipinski definition) is 0. The van der Waals surface area contributed by atoms with Crippen LogP contribution in [0.15, 0.2) is 0 Å². The molecule has 0 N–H and O–H groups in total. The molecular formula is C9H16F2. The molecule has 0 bridgehead atoms. The first-order chi connectivity index (χ1) is 4.71. The van der Waals surface area contributed by atoms with Gasteiger partial charge in [-0.2, -0.15) is 0 Å². The van der Waals surface area contributed by atoms with Crippen molar-refractivity contribution in [1.29, 1.82) is 0 Å². The summed E-state index contributed by atoms with van der Waals surface area (Å²) in [5.74, 6) is -2.51. The molecular weight excluding hydrogens is 146 g/mol. The summed E-state index contributed by atoms with van der Waals surface area (Å²) >= 11 is 0. The quantitative estimate of drug-likeness (QED) is 0.511. The SMILES string of the molecule is CC1(C)CCC(C)(C)C1(F)F. The van der Waals surface area contributed by atoms with E-state index in [4.69, 9.17) is 0 Å². The van der Waals surface area contributed by atoms with Crippen molar-refractivity contribution in [2.75, 3.05) is 0 Å². The van der Waals surface area contributed by atoms with E-state index in [0.29, 0.717) is 12.8 Å². The molecule has 1 fully saturated rings. The summed E-state index contributed by atoms with van der Waals surface area (Å²) in [5.41, 5.74) is -1.62. The van der Waals surface area contributed by atoms with E-state index in [1.807, 2.05) is 0 Å². The molecule has 1 saturated carbocycles. The highest BCUT2D eigenvalue weighted by atomic mass is 19.3. The van der Waals surface area contributed by atoms with Crippen LogP contribution >= 0.6 is 0 Å². The van der Waals surface area contributed by atoms with Crippen LogP contribution in [0.5, 0.6) is 0 Å². The van der Waals surface area contributed by atoms with Gasteiger partial charge in [0.05, 0.1) is 0 Å². The average molecular weight is 162 g/mol. The van der Waals surface area contributed by atoms with Crippen LogP contribution in [0.3, 0.4) is 0 Å². The minimum Gasteiger partial charge on any atom is -0.206 e. The van der Waals surface area contributed by atoms with Crippen molar-refractivity contribution in [2.24, 2.45) is 10.8 Å². The third-order valence-corrected chi connectivity index (χ3v) is 3.07. The summed E-state index contributed by atoms with van der Waals surface area (Å²) in [7, 11) is 0. The number of alkyl halides is 2. The molecule has 11 heavy (non-hydrogen) atoms. The molecule has 0 radical (unpaired) electrons. The maximum atomic E-state index is 13.5. The van der Waals surface area contributed by atoms with Crippen molar-refractivity contribution in [2.45, 2.75) is 46.5 Å². The highest BCUT2D eigenvalue weighted by Crippen LogP contribution is 2.59. The summed E-state index contributed by atoms with van der Waals surface area (Å²) in [6.07, 6.45) is 1.26. The minimum absolute atomic E-state index is 0.632. The first-order valence-electron chi connectivity index (χ1n) is 4.09. The largest absolute Gasteiger partial charge is 0.258 e. The lowest BCUT2D eigenvalue weighted by atomic mass is 9.80. The van der Waals surface area contributed by atoms with Crippen molar-refractivity contribution >= 4 is 0 Å². The Hall–Kier alpha value is -0.140. The third-order valence-electron chi connectivity index (χ3n) is 3.07. The van der Waals surface area contributed by atoms with E-state index >= 15 is 0 Å². The van der Waals surface area contributed by atoms with Crippen LogP contribution in [0.2, 0.25) is 0 Å². The highest BCUT2D eigenvalue weighted by molar-refractivity contribution is 5.02. The molecule has 0 saturated heterocycles. The van der Waals surface area contributed by atoms with E-state index < -0.39 is 16.8 Å². The lowest BCUT2D eigenvalue weighted by molar-refractivity contribution is -0.147. The molecule has 0 spiro atoms. The van der Waals surface area contributed by atoms with Crippen LogP contribution in [0.4, 0.5) is 8.78 Å². The Kier molecular flexibility index (Phi) is 1.60. The summed E-state index contributed by atoms with van der Waals surface area (Å²) in [4.78, 5) is 0. The number of rotatable bonds is 0. The van der Waals surface area contributed by atoms with Gasteiger partial charge in [0, 0.05) is 10.8 Å². The van der Waals surface area contributed by atoms with Crippen LogP contribution in [0.1, 0.15) is 40.5 Å². The number of halogens is 2. The molecule has 0 aromatic heterocycles. The molecule has 0 unspecified atom stereocenters. The summed E-state index contributed by atoms with van der Waals surface area (Å²) in [6, 6.07) is 0. The molecule has 1 aliphatic carbocycles. The van der Waals surface area contributed by atoms with Crippen molar-refractivity contribution in [3.8, 4) is 0 Å². The Morgan fingerprint density at radius 3 is 1.18 bits per heavy atom. The second-order valence-corrected chi connectivity index (χ2v) is 4.84. The molecule has 0 amide bonds. The fourth-order valence-corrected chi connectivity index (χ4v) is 1.86. The first kappa shape index (κ1) is 8.95. The van der Waals surface area contributed by atoms with Gasteiger partial charge in [0.2, 0.25) is 0 Å². The van der Waals surface area contributed by atoms with Crippen molar-refractivity contribution in [3.63, 3.8) is 0 Å². The summed E-state index contributed by atoms with van der Waals surface area (Å²) in [6.45, 7) is 6.62. The van der Waals surface area contributed by atoms with Gasteiger partial charge in [-0.15, -0.1) is 0 Å². The molecule has 0 aromatic rings. The Bertz CT molecular complexity index is 150. The zero-order chi connectivity index (χ0) is 8.91. The molecule has 0 aromatic carbocycles. The van der Waals surface area contributed by atoms with E-state index in [0.717, 1.165) is 0 Å². The van der Waals surface area contributed by atoms with Crippen LogP contribution in [0.25, 0.3) is 0 Å². The standard InChI is InChI=1S/C9H16F2/c1-7(2)5-6-8(3,4)9(7,10)11/h5-6H2,1-4H3. The lowest BCUT2D eigenvalue weighted by Gasteiger charge is -2.34. The Morgan fingerprint density at radius 1 is 0.818 bits per heavy atom. The van der Waals surface area contributed by atoms with Crippen LogP contribution < -0.4 is 0 Å². The Morgan fingerprint density at radius 2 is 1.09 bits per heavy atom.